The number of aliphatic imine (C=N–C) groups is 1. The zero-order valence-corrected chi connectivity index (χ0v) is 16.7. The van der Waals surface area contributed by atoms with Gasteiger partial charge in [-0.1, -0.05) is 12.1 Å². The van der Waals surface area contributed by atoms with Crippen molar-refractivity contribution in [2.75, 3.05) is 39.9 Å². The van der Waals surface area contributed by atoms with Gasteiger partial charge in [0.05, 0.1) is 13.7 Å². The third kappa shape index (κ3) is 7.00. The van der Waals surface area contributed by atoms with E-state index in [2.05, 4.69) is 23.6 Å². The summed E-state index contributed by atoms with van der Waals surface area (Å²) in [4.78, 5) is 18.3. The fraction of sp³-hybridized carbons (Fsp3) is 0.600. The van der Waals surface area contributed by atoms with Crippen LogP contribution in [0.4, 0.5) is 4.79 Å². The van der Waals surface area contributed by atoms with Gasteiger partial charge in [0, 0.05) is 32.2 Å². The number of hydrogen-bond acceptors (Lipinski definition) is 4. The molecule has 1 aliphatic heterocycles. The molecule has 1 fully saturated rings. The van der Waals surface area contributed by atoms with E-state index in [1.165, 1.54) is 5.56 Å². The lowest BCUT2D eigenvalue weighted by atomic mass is 10.1. The molecule has 7 nitrogen and oxygen atoms in total. The van der Waals surface area contributed by atoms with Gasteiger partial charge in [0.2, 0.25) is 0 Å². The van der Waals surface area contributed by atoms with Crippen molar-refractivity contribution in [2.45, 2.75) is 39.2 Å². The van der Waals surface area contributed by atoms with Crippen LogP contribution in [0, 0.1) is 0 Å². The van der Waals surface area contributed by atoms with E-state index in [1.54, 1.807) is 12.0 Å². The number of ether oxygens (including phenoxy) is 2. The molecule has 0 aromatic heterocycles. The molecule has 2 N–H and O–H groups in total. The van der Waals surface area contributed by atoms with Gasteiger partial charge in [-0.25, -0.2) is 4.79 Å². The first kappa shape index (κ1) is 20.9. The number of methoxy groups -OCH3 is 1. The molecular formula is C20H32N4O3. The number of likely N-dealkylation sites (tertiary alicyclic amines) is 1. The number of nitrogens with one attached hydrogen (secondary N) is 2. The quantitative estimate of drug-likeness (QED) is 0.565. The van der Waals surface area contributed by atoms with Crippen LogP contribution in [0.1, 0.15) is 32.3 Å². The molecule has 27 heavy (non-hydrogen) atoms. The van der Waals surface area contributed by atoms with E-state index in [4.69, 9.17) is 14.5 Å². The molecule has 0 aliphatic carbocycles. The first-order chi connectivity index (χ1) is 13.2. The maximum atomic E-state index is 11.8. The van der Waals surface area contributed by atoms with Gasteiger partial charge in [0.25, 0.3) is 0 Å². The Labute approximate surface area is 162 Å². The van der Waals surface area contributed by atoms with Crippen molar-refractivity contribution in [1.82, 2.24) is 15.5 Å². The second kappa shape index (κ2) is 11.3. The molecule has 7 heteroatoms. The predicted molar refractivity (Wildman–Crippen MR) is 107 cm³/mol. The Morgan fingerprint density at radius 1 is 1.30 bits per heavy atom. The van der Waals surface area contributed by atoms with Crippen LogP contribution in [0.5, 0.6) is 5.75 Å². The topological polar surface area (TPSA) is 75.2 Å². The summed E-state index contributed by atoms with van der Waals surface area (Å²) < 4.78 is 10.3. The van der Waals surface area contributed by atoms with E-state index in [0.29, 0.717) is 32.3 Å². The Hall–Kier alpha value is -2.44. The van der Waals surface area contributed by atoms with Gasteiger partial charge >= 0.3 is 6.09 Å². The lowest BCUT2D eigenvalue weighted by Crippen LogP contribution is -2.50. The number of carbonyl (C=O) groups is 1. The molecule has 0 bridgehead atoms. The van der Waals surface area contributed by atoms with Crippen LogP contribution in [0.2, 0.25) is 0 Å². The number of amides is 1. The summed E-state index contributed by atoms with van der Waals surface area (Å²) >= 11 is 0. The van der Waals surface area contributed by atoms with Crippen LogP contribution in [-0.4, -0.2) is 62.9 Å². The summed E-state index contributed by atoms with van der Waals surface area (Å²) in [6.45, 7) is 7.23. The number of piperidine rings is 1. The van der Waals surface area contributed by atoms with Crippen LogP contribution in [0.3, 0.4) is 0 Å². The summed E-state index contributed by atoms with van der Waals surface area (Å²) in [5.74, 6) is 1.70. The smallest absolute Gasteiger partial charge is 0.409 e. The fourth-order valence-electron chi connectivity index (χ4n) is 3.06. The van der Waals surface area contributed by atoms with Crippen LogP contribution in [0.25, 0.3) is 0 Å². The van der Waals surface area contributed by atoms with Crippen molar-refractivity contribution in [2.24, 2.45) is 4.99 Å². The van der Waals surface area contributed by atoms with Gasteiger partial charge < -0.3 is 25.0 Å². The minimum absolute atomic E-state index is 0.213. The average Bonchev–Trinajstić information content (AvgIpc) is 2.69. The number of carbonyl (C=O) groups excluding carboxylic acids is 1. The number of hydrogen-bond donors (Lipinski definition) is 2. The van der Waals surface area contributed by atoms with E-state index < -0.39 is 0 Å². The van der Waals surface area contributed by atoms with Crippen LogP contribution < -0.4 is 15.4 Å². The van der Waals surface area contributed by atoms with Crippen LogP contribution in [-0.2, 0) is 11.2 Å². The maximum Gasteiger partial charge on any atom is 0.409 e. The van der Waals surface area contributed by atoms with Gasteiger partial charge in [-0.2, -0.15) is 0 Å². The van der Waals surface area contributed by atoms with Crippen molar-refractivity contribution in [3.8, 4) is 5.75 Å². The molecule has 1 aromatic rings. The Bertz CT molecular complexity index is 613. The minimum atomic E-state index is -0.213. The Balaban J connectivity index is 1.82. The highest BCUT2D eigenvalue weighted by atomic mass is 16.6. The molecule has 2 rings (SSSR count). The zero-order chi connectivity index (χ0) is 19.5. The first-order valence-electron chi connectivity index (χ1n) is 9.75. The highest BCUT2D eigenvalue weighted by Crippen LogP contribution is 2.13. The first-order valence-corrected chi connectivity index (χ1v) is 9.75. The van der Waals surface area contributed by atoms with Crippen molar-refractivity contribution >= 4 is 12.1 Å². The molecule has 0 unspecified atom stereocenters. The predicted octanol–water partition coefficient (Wildman–Crippen LogP) is 2.41. The molecule has 1 heterocycles. The largest absolute Gasteiger partial charge is 0.497 e. The van der Waals surface area contributed by atoms with Gasteiger partial charge in [0.1, 0.15) is 5.75 Å². The molecule has 1 amide bonds. The lowest BCUT2D eigenvalue weighted by molar-refractivity contribution is 0.0963. The van der Waals surface area contributed by atoms with Crippen molar-refractivity contribution < 1.29 is 14.3 Å². The third-order valence-electron chi connectivity index (χ3n) is 4.51. The van der Waals surface area contributed by atoms with E-state index in [9.17, 15) is 4.79 Å². The second-order valence-corrected chi connectivity index (χ2v) is 6.47. The third-order valence-corrected chi connectivity index (χ3v) is 4.51. The van der Waals surface area contributed by atoms with E-state index in [0.717, 1.165) is 37.5 Å². The van der Waals surface area contributed by atoms with Gasteiger partial charge in [-0.05, 0) is 50.8 Å². The Kier molecular flexibility index (Phi) is 8.74. The molecule has 1 saturated heterocycles. The minimum Gasteiger partial charge on any atom is -0.497 e. The normalized spacial score (nSPS) is 15.4. The molecular weight excluding hydrogens is 344 g/mol. The van der Waals surface area contributed by atoms with E-state index >= 15 is 0 Å². The SMILES string of the molecule is CCNC(=NCCc1cccc(OC)c1)NC1CCN(C(=O)OCC)CC1. The van der Waals surface area contributed by atoms with Crippen LogP contribution >= 0.6 is 0 Å². The van der Waals surface area contributed by atoms with E-state index in [-0.39, 0.29) is 6.09 Å². The number of nitrogens with zero attached hydrogens (tertiary/aromatic N) is 2. The fourth-order valence-corrected chi connectivity index (χ4v) is 3.06. The molecule has 150 valence electrons. The van der Waals surface area contributed by atoms with Gasteiger partial charge in [-0.3, -0.25) is 4.99 Å². The van der Waals surface area contributed by atoms with E-state index in [1.807, 2.05) is 25.1 Å². The number of benzene rings is 1. The Morgan fingerprint density at radius 2 is 2.07 bits per heavy atom. The van der Waals surface area contributed by atoms with Crippen LogP contribution in [0.15, 0.2) is 29.3 Å². The highest BCUT2D eigenvalue weighted by Gasteiger charge is 2.23. The maximum absolute atomic E-state index is 11.8. The van der Waals surface area contributed by atoms with Crippen molar-refractivity contribution in [3.63, 3.8) is 0 Å². The van der Waals surface area contributed by atoms with Gasteiger partial charge in [0.15, 0.2) is 5.96 Å². The monoisotopic (exact) mass is 376 g/mol. The molecule has 0 atom stereocenters. The summed E-state index contributed by atoms with van der Waals surface area (Å²) in [5.41, 5.74) is 1.21. The van der Waals surface area contributed by atoms with Crippen molar-refractivity contribution in [1.29, 1.82) is 0 Å². The lowest BCUT2D eigenvalue weighted by Gasteiger charge is -2.32. The Morgan fingerprint density at radius 3 is 2.74 bits per heavy atom. The van der Waals surface area contributed by atoms with Gasteiger partial charge in [-0.15, -0.1) is 0 Å². The van der Waals surface area contributed by atoms with Crippen molar-refractivity contribution in [3.05, 3.63) is 29.8 Å². The molecule has 0 saturated carbocycles. The summed E-state index contributed by atoms with van der Waals surface area (Å²) in [6, 6.07) is 8.38. The number of rotatable bonds is 7. The standard InChI is InChI=1S/C20H32N4O3/c1-4-21-19(22-12-9-16-7-6-8-18(15-16)26-3)23-17-10-13-24(14-11-17)20(25)27-5-2/h6-8,15,17H,4-5,9-14H2,1-3H3,(H2,21,22,23). The average molecular weight is 377 g/mol. The molecule has 1 aliphatic rings. The zero-order valence-electron chi connectivity index (χ0n) is 16.7. The molecule has 0 radical (unpaired) electrons. The summed E-state index contributed by atoms with van der Waals surface area (Å²) in [6.07, 6.45) is 2.42. The number of guanidine groups is 1. The summed E-state index contributed by atoms with van der Waals surface area (Å²) in [5, 5.41) is 6.79. The highest BCUT2D eigenvalue weighted by molar-refractivity contribution is 5.80. The molecule has 1 aromatic carbocycles. The molecule has 0 spiro atoms. The summed E-state index contributed by atoms with van der Waals surface area (Å²) in [7, 11) is 1.68. The second-order valence-electron chi connectivity index (χ2n) is 6.47.